The number of ether oxygens (including phenoxy) is 3. The van der Waals surface area contributed by atoms with Crippen molar-refractivity contribution < 1.29 is 48.1 Å². The SMILES string of the molecule is CC[C@H](C)[C@@H]([C@@H](CC(=O)N1CCC[C@H]1[C@H](OC)[C@@H](C)C(=O)N[C@@H](Cc1ccccc1)C(=O)N1CCOCC1)OC)N(C)C(=O)[C@@H](NC(=O)[C@H](C(C)C)N(C)CCCC(=O)O)C(C)C. The van der Waals surface area contributed by atoms with Gasteiger partial charge in [-0.2, -0.15) is 0 Å². The summed E-state index contributed by atoms with van der Waals surface area (Å²) < 4.78 is 17.6. The smallest absolute Gasteiger partial charge is 0.303 e. The second kappa shape index (κ2) is 26.0. The number of methoxy groups -OCH3 is 2. The molecule has 0 aromatic heterocycles. The Labute approximate surface area is 376 Å². The summed E-state index contributed by atoms with van der Waals surface area (Å²) in [5.41, 5.74) is 0.919. The van der Waals surface area contributed by atoms with Crippen LogP contribution in [0.1, 0.15) is 92.6 Å². The molecule has 0 saturated carbocycles. The van der Waals surface area contributed by atoms with Crippen molar-refractivity contribution in [1.29, 1.82) is 0 Å². The largest absolute Gasteiger partial charge is 0.481 e. The number of carbonyl (C=O) groups is 6. The Balaban J connectivity index is 1.79. The van der Waals surface area contributed by atoms with E-state index in [9.17, 15) is 28.8 Å². The molecule has 0 radical (unpaired) electrons. The zero-order valence-corrected chi connectivity index (χ0v) is 39.8. The van der Waals surface area contributed by atoms with Gasteiger partial charge in [-0.15, -0.1) is 0 Å². The van der Waals surface area contributed by atoms with E-state index in [1.54, 1.807) is 35.7 Å². The number of amides is 5. The topological polar surface area (TPSA) is 187 Å². The summed E-state index contributed by atoms with van der Waals surface area (Å²) in [6.07, 6.45) is 1.34. The van der Waals surface area contributed by atoms with Crippen molar-refractivity contribution in [2.24, 2.45) is 23.7 Å². The highest BCUT2D eigenvalue weighted by molar-refractivity contribution is 5.91. The molecule has 0 spiro atoms. The van der Waals surface area contributed by atoms with E-state index >= 15 is 0 Å². The fraction of sp³-hybridized carbons (Fsp3) is 0.745. The van der Waals surface area contributed by atoms with E-state index in [2.05, 4.69) is 10.6 Å². The number of likely N-dealkylation sites (N-methyl/N-ethyl adjacent to an activating group) is 2. The first kappa shape index (κ1) is 53.2. The van der Waals surface area contributed by atoms with Gasteiger partial charge in [0, 0.05) is 53.7 Å². The van der Waals surface area contributed by atoms with E-state index in [1.807, 2.05) is 76.8 Å². The van der Waals surface area contributed by atoms with Crippen LogP contribution in [0.5, 0.6) is 0 Å². The molecule has 2 heterocycles. The monoisotopic (exact) mass is 887 g/mol. The summed E-state index contributed by atoms with van der Waals surface area (Å²) in [6, 6.07) is 6.38. The summed E-state index contributed by atoms with van der Waals surface area (Å²) >= 11 is 0. The number of rotatable bonds is 25. The first-order chi connectivity index (χ1) is 29.9. The number of carboxylic acids is 1. The normalized spacial score (nSPS) is 19.5. The van der Waals surface area contributed by atoms with Gasteiger partial charge in [0.25, 0.3) is 0 Å². The number of morpholine rings is 1. The fourth-order valence-electron chi connectivity index (χ4n) is 9.27. The van der Waals surface area contributed by atoms with Gasteiger partial charge >= 0.3 is 5.97 Å². The second-order valence-electron chi connectivity index (χ2n) is 18.2. The molecule has 0 bridgehead atoms. The maximum atomic E-state index is 14.5. The maximum Gasteiger partial charge on any atom is 0.303 e. The van der Waals surface area contributed by atoms with Crippen LogP contribution in [-0.2, 0) is 49.4 Å². The number of nitrogens with zero attached hydrogens (tertiary/aromatic N) is 4. The molecule has 63 heavy (non-hydrogen) atoms. The fourth-order valence-corrected chi connectivity index (χ4v) is 9.27. The number of benzene rings is 1. The zero-order chi connectivity index (χ0) is 47.0. The molecule has 356 valence electrons. The van der Waals surface area contributed by atoms with Gasteiger partial charge in [-0.25, -0.2) is 0 Å². The molecule has 0 unspecified atom stereocenters. The van der Waals surface area contributed by atoms with Crippen LogP contribution in [0.3, 0.4) is 0 Å². The van der Waals surface area contributed by atoms with Crippen molar-refractivity contribution >= 4 is 35.5 Å². The van der Waals surface area contributed by atoms with Crippen LogP contribution in [-0.4, -0.2) is 170 Å². The predicted octanol–water partition coefficient (Wildman–Crippen LogP) is 3.46. The first-order valence-corrected chi connectivity index (χ1v) is 22.9. The molecule has 3 rings (SSSR count). The third-order valence-corrected chi connectivity index (χ3v) is 13.0. The van der Waals surface area contributed by atoms with Gasteiger partial charge in [0.15, 0.2) is 0 Å². The van der Waals surface area contributed by atoms with E-state index < -0.39 is 54.3 Å². The van der Waals surface area contributed by atoms with E-state index in [0.717, 1.165) is 5.56 Å². The van der Waals surface area contributed by atoms with E-state index in [4.69, 9.17) is 19.3 Å². The molecule has 16 heteroatoms. The van der Waals surface area contributed by atoms with Gasteiger partial charge in [-0.1, -0.05) is 85.2 Å². The van der Waals surface area contributed by atoms with Gasteiger partial charge in [0.1, 0.15) is 12.1 Å². The Morgan fingerprint density at radius 3 is 2.10 bits per heavy atom. The van der Waals surface area contributed by atoms with Gasteiger partial charge in [0.2, 0.25) is 29.5 Å². The van der Waals surface area contributed by atoms with Crippen LogP contribution in [0, 0.1) is 23.7 Å². The van der Waals surface area contributed by atoms with Crippen LogP contribution in [0.15, 0.2) is 30.3 Å². The van der Waals surface area contributed by atoms with Gasteiger partial charge in [0.05, 0.1) is 55.9 Å². The Morgan fingerprint density at radius 1 is 0.889 bits per heavy atom. The molecule has 3 N–H and O–H groups in total. The lowest BCUT2D eigenvalue weighted by atomic mass is 9.89. The summed E-state index contributed by atoms with van der Waals surface area (Å²) in [4.78, 5) is 88.7. The average molecular weight is 887 g/mol. The molecule has 1 aromatic carbocycles. The Morgan fingerprint density at radius 2 is 1.54 bits per heavy atom. The van der Waals surface area contributed by atoms with Crippen LogP contribution >= 0.6 is 0 Å². The Kier molecular flexibility index (Phi) is 22.0. The van der Waals surface area contributed by atoms with Crippen molar-refractivity contribution in [1.82, 2.24) is 30.2 Å². The van der Waals surface area contributed by atoms with Crippen LogP contribution in [0.2, 0.25) is 0 Å². The molecule has 0 aliphatic carbocycles. The number of hydrogen-bond donors (Lipinski definition) is 3. The number of aliphatic carboxylic acids is 1. The van der Waals surface area contributed by atoms with Crippen molar-refractivity contribution in [3.8, 4) is 0 Å². The van der Waals surface area contributed by atoms with Gasteiger partial charge in [-0.05, 0) is 56.2 Å². The second-order valence-corrected chi connectivity index (χ2v) is 18.2. The standard InChI is InChI=1S/C47H78N6O10/c1-12-32(6)42(51(9)47(60)40(30(2)3)49-45(58)41(31(4)5)50(8)22-17-21-39(55)56)37(61-10)29-38(54)53-23-16-20-36(53)43(62-11)33(7)44(57)48-35(28-34-18-14-13-15-19-34)46(59)52-24-26-63-27-25-52/h13-15,18-19,30-33,35-37,40-43H,12,16-17,20-29H2,1-11H3,(H,48,57)(H,49,58)(H,55,56)/t32-,33+,35-,36-,37+,40-,41-,42-,43+/m0/s1. The highest BCUT2D eigenvalue weighted by Gasteiger charge is 2.44. The molecular formula is C47H78N6O10. The minimum atomic E-state index is -0.897. The highest BCUT2D eigenvalue weighted by Crippen LogP contribution is 2.30. The molecule has 5 amide bonds. The molecule has 1 aromatic rings. The average Bonchev–Trinajstić information content (AvgIpc) is 3.74. The maximum absolute atomic E-state index is 14.5. The van der Waals surface area contributed by atoms with Crippen molar-refractivity contribution in [2.45, 2.75) is 136 Å². The zero-order valence-electron chi connectivity index (χ0n) is 39.8. The molecule has 9 atom stereocenters. The third-order valence-electron chi connectivity index (χ3n) is 13.0. The Bertz CT molecular complexity index is 1620. The summed E-state index contributed by atoms with van der Waals surface area (Å²) in [7, 11) is 6.57. The summed E-state index contributed by atoms with van der Waals surface area (Å²) in [5.74, 6) is -3.37. The van der Waals surface area contributed by atoms with E-state index in [-0.39, 0.29) is 60.1 Å². The van der Waals surface area contributed by atoms with E-state index in [1.165, 1.54) is 14.2 Å². The number of carbonyl (C=O) groups excluding carboxylic acids is 5. The minimum Gasteiger partial charge on any atom is -0.481 e. The van der Waals surface area contributed by atoms with Crippen LogP contribution in [0.4, 0.5) is 0 Å². The van der Waals surface area contributed by atoms with Crippen molar-refractivity contribution in [3.63, 3.8) is 0 Å². The minimum absolute atomic E-state index is 0.00824. The Hall–Kier alpha value is -4.12. The summed E-state index contributed by atoms with van der Waals surface area (Å²) in [5, 5.41) is 15.2. The highest BCUT2D eigenvalue weighted by atomic mass is 16.5. The molecule has 2 fully saturated rings. The number of carboxylic acid groups (broad SMARTS) is 1. The number of nitrogens with one attached hydrogen (secondary N) is 2. The molecule has 2 saturated heterocycles. The lowest BCUT2D eigenvalue weighted by molar-refractivity contribution is -0.148. The van der Waals surface area contributed by atoms with Gasteiger partial charge in [-0.3, -0.25) is 33.7 Å². The van der Waals surface area contributed by atoms with Crippen LogP contribution in [0.25, 0.3) is 0 Å². The van der Waals surface area contributed by atoms with Crippen molar-refractivity contribution in [2.75, 3.05) is 67.7 Å². The molecule has 16 nitrogen and oxygen atoms in total. The number of hydrogen-bond acceptors (Lipinski definition) is 10. The first-order valence-electron chi connectivity index (χ1n) is 22.9. The molecule has 2 aliphatic heterocycles. The summed E-state index contributed by atoms with van der Waals surface area (Å²) in [6.45, 7) is 16.0. The predicted molar refractivity (Wildman–Crippen MR) is 240 cm³/mol. The van der Waals surface area contributed by atoms with Gasteiger partial charge < -0.3 is 44.7 Å². The quantitative estimate of drug-likeness (QED) is 0.131. The van der Waals surface area contributed by atoms with E-state index in [0.29, 0.717) is 71.5 Å². The lowest BCUT2D eigenvalue weighted by Gasteiger charge is -2.41. The molecular weight excluding hydrogens is 809 g/mol. The van der Waals surface area contributed by atoms with Crippen molar-refractivity contribution in [3.05, 3.63) is 35.9 Å². The third kappa shape index (κ3) is 15.0. The number of likely N-dealkylation sites (tertiary alicyclic amines) is 1. The molecule has 2 aliphatic rings. The van der Waals surface area contributed by atoms with Crippen LogP contribution < -0.4 is 10.6 Å². The lowest BCUT2D eigenvalue weighted by Crippen LogP contribution is -2.60.